The van der Waals surface area contributed by atoms with Crippen LogP contribution in [0, 0.1) is 5.95 Å². The predicted octanol–water partition coefficient (Wildman–Crippen LogP) is 2.61. The molecular formula is C18H22FN5OS. The average Bonchev–Trinajstić information content (AvgIpc) is 2.71. The Hall–Kier alpha value is -2.09. The lowest BCUT2D eigenvalue weighted by molar-refractivity contribution is 0.170. The lowest BCUT2D eigenvalue weighted by Gasteiger charge is -2.33. The van der Waals surface area contributed by atoms with E-state index in [1.54, 1.807) is 12.4 Å². The third-order valence-electron chi connectivity index (χ3n) is 4.74. The van der Waals surface area contributed by atoms with Crippen molar-refractivity contribution < 1.29 is 9.13 Å². The van der Waals surface area contributed by atoms with E-state index in [-0.39, 0.29) is 6.10 Å². The van der Waals surface area contributed by atoms with E-state index in [4.69, 9.17) is 4.74 Å². The summed E-state index contributed by atoms with van der Waals surface area (Å²) < 4.78 is 18.8. The zero-order valence-electron chi connectivity index (χ0n) is 14.6. The molecule has 0 unspecified atom stereocenters. The Bertz CT molecular complexity index is 718. The van der Waals surface area contributed by atoms with Crippen LogP contribution >= 0.6 is 11.8 Å². The van der Waals surface area contributed by atoms with Crippen molar-refractivity contribution in [1.29, 1.82) is 0 Å². The third-order valence-corrected chi connectivity index (χ3v) is 5.68. The average molecular weight is 375 g/mol. The van der Waals surface area contributed by atoms with Crippen molar-refractivity contribution in [1.82, 2.24) is 15.0 Å². The minimum atomic E-state index is -0.487. The van der Waals surface area contributed by atoms with Gasteiger partial charge >= 0.3 is 0 Å². The van der Waals surface area contributed by atoms with Crippen LogP contribution in [0.3, 0.4) is 0 Å². The van der Waals surface area contributed by atoms with Crippen molar-refractivity contribution in [2.24, 2.45) is 0 Å². The topological polar surface area (TPSA) is 54.4 Å². The molecule has 2 aliphatic rings. The monoisotopic (exact) mass is 375 g/mol. The lowest BCUT2D eigenvalue weighted by atomic mass is 10.1. The second-order valence-corrected chi connectivity index (χ2v) is 7.68. The Labute approximate surface area is 156 Å². The molecule has 138 valence electrons. The molecule has 0 aliphatic carbocycles. The molecule has 0 aromatic carbocycles. The van der Waals surface area contributed by atoms with E-state index in [9.17, 15) is 4.39 Å². The summed E-state index contributed by atoms with van der Waals surface area (Å²) in [6.45, 7) is 3.85. The van der Waals surface area contributed by atoms with Gasteiger partial charge in [-0.2, -0.15) is 16.2 Å². The lowest BCUT2D eigenvalue weighted by Crippen LogP contribution is -2.39. The first-order valence-corrected chi connectivity index (χ1v) is 10.1. The summed E-state index contributed by atoms with van der Waals surface area (Å²) in [5, 5.41) is 0. The molecule has 6 nitrogen and oxygen atoms in total. The Kier molecular flexibility index (Phi) is 5.38. The summed E-state index contributed by atoms with van der Waals surface area (Å²) in [7, 11) is 0. The Morgan fingerprint density at radius 1 is 0.962 bits per heavy atom. The van der Waals surface area contributed by atoms with Gasteiger partial charge in [-0.05, 0) is 12.1 Å². The molecule has 0 spiro atoms. The summed E-state index contributed by atoms with van der Waals surface area (Å²) in [4.78, 5) is 17.2. The molecule has 4 rings (SSSR count). The van der Waals surface area contributed by atoms with Gasteiger partial charge in [0.1, 0.15) is 29.8 Å². The molecule has 0 bridgehead atoms. The van der Waals surface area contributed by atoms with Gasteiger partial charge in [-0.25, -0.2) is 15.0 Å². The molecule has 2 aliphatic heterocycles. The Balaban J connectivity index is 1.35. The molecule has 0 radical (unpaired) electrons. The van der Waals surface area contributed by atoms with E-state index in [1.165, 1.54) is 12.3 Å². The highest BCUT2D eigenvalue weighted by atomic mass is 32.2. The third kappa shape index (κ3) is 4.17. The van der Waals surface area contributed by atoms with Gasteiger partial charge in [0.15, 0.2) is 0 Å². The van der Waals surface area contributed by atoms with E-state index < -0.39 is 5.95 Å². The van der Waals surface area contributed by atoms with Crippen LogP contribution in [0.25, 0.3) is 0 Å². The maximum atomic E-state index is 12.9. The minimum absolute atomic E-state index is 0.124. The van der Waals surface area contributed by atoms with Gasteiger partial charge in [0.25, 0.3) is 0 Å². The number of anilines is 2. The Morgan fingerprint density at radius 2 is 1.65 bits per heavy atom. The molecular weight excluding hydrogens is 353 g/mol. The fourth-order valence-electron chi connectivity index (χ4n) is 3.30. The summed E-state index contributed by atoms with van der Waals surface area (Å²) in [6, 6.07) is 5.05. The highest BCUT2D eigenvalue weighted by Gasteiger charge is 2.22. The van der Waals surface area contributed by atoms with Crippen LogP contribution in [-0.4, -0.2) is 58.7 Å². The van der Waals surface area contributed by atoms with Crippen LogP contribution in [-0.2, 0) is 0 Å². The van der Waals surface area contributed by atoms with Crippen molar-refractivity contribution in [3.63, 3.8) is 0 Å². The smallest absolute Gasteiger partial charge is 0.213 e. The molecule has 0 saturated carbocycles. The quantitative estimate of drug-likeness (QED) is 0.762. The molecule has 26 heavy (non-hydrogen) atoms. The zero-order chi connectivity index (χ0) is 17.8. The molecule has 2 fully saturated rings. The number of rotatable bonds is 4. The number of nitrogens with zero attached hydrogens (tertiary/aromatic N) is 5. The van der Waals surface area contributed by atoms with E-state index in [0.717, 1.165) is 62.2 Å². The number of thioether (sulfide) groups is 1. The normalized spacial score (nSPS) is 18.8. The molecule has 2 aromatic heterocycles. The predicted molar refractivity (Wildman–Crippen MR) is 102 cm³/mol. The van der Waals surface area contributed by atoms with Crippen molar-refractivity contribution in [3.05, 3.63) is 36.7 Å². The highest BCUT2D eigenvalue weighted by Crippen LogP contribution is 2.25. The molecule has 2 saturated heterocycles. The van der Waals surface area contributed by atoms with Gasteiger partial charge in [0.2, 0.25) is 5.95 Å². The summed E-state index contributed by atoms with van der Waals surface area (Å²) >= 11 is 1.99. The van der Waals surface area contributed by atoms with Gasteiger partial charge in [-0.3, -0.25) is 0 Å². The second kappa shape index (κ2) is 8.07. The van der Waals surface area contributed by atoms with Crippen molar-refractivity contribution in [2.75, 3.05) is 47.5 Å². The van der Waals surface area contributed by atoms with Gasteiger partial charge in [-0.15, -0.1) is 0 Å². The summed E-state index contributed by atoms with van der Waals surface area (Å²) in [5.41, 5.74) is 0. The number of halogens is 1. The van der Waals surface area contributed by atoms with Crippen LogP contribution in [0.2, 0.25) is 0 Å². The molecule has 8 heteroatoms. The fraction of sp³-hybridized carbons (Fsp3) is 0.500. The van der Waals surface area contributed by atoms with Gasteiger partial charge in [0.05, 0.1) is 6.20 Å². The molecule has 0 amide bonds. The van der Waals surface area contributed by atoms with Gasteiger partial charge in [0, 0.05) is 56.6 Å². The molecule has 2 aromatic rings. The van der Waals surface area contributed by atoms with Crippen LogP contribution in [0.5, 0.6) is 5.75 Å². The second-order valence-electron chi connectivity index (χ2n) is 6.45. The minimum Gasteiger partial charge on any atom is -0.489 e. The van der Waals surface area contributed by atoms with E-state index in [2.05, 4.69) is 30.8 Å². The number of piperidine rings is 1. The van der Waals surface area contributed by atoms with Crippen LogP contribution < -0.4 is 14.5 Å². The van der Waals surface area contributed by atoms with E-state index in [0.29, 0.717) is 5.75 Å². The highest BCUT2D eigenvalue weighted by molar-refractivity contribution is 7.99. The fourth-order valence-corrected chi connectivity index (χ4v) is 4.21. The number of ether oxygens (including phenoxy) is 1. The maximum Gasteiger partial charge on any atom is 0.213 e. The number of hydrogen-bond donors (Lipinski definition) is 0. The SMILES string of the molecule is Fc1ccc(OC2CCN(c3cc(N4CCSCC4)ncn3)CC2)cn1. The number of pyridine rings is 1. The largest absolute Gasteiger partial charge is 0.489 e. The maximum absolute atomic E-state index is 12.9. The van der Waals surface area contributed by atoms with Crippen molar-refractivity contribution in [2.45, 2.75) is 18.9 Å². The van der Waals surface area contributed by atoms with Gasteiger partial charge in [-0.1, -0.05) is 0 Å². The van der Waals surface area contributed by atoms with Gasteiger partial charge < -0.3 is 14.5 Å². The summed E-state index contributed by atoms with van der Waals surface area (Å²) in [6.07, 6.45) is 5.03. The van der Waals surface area contributed by atoms with Crippen LogP contribution in [0.1, 0.15) is 12.8 Å². The zero-order valence-corrected chi connectivity index (χ0v) is 15.4. The number of aromatic nitrogens is 3. The first kappa shape index (κ1) is 17.3. The van der Waals surface area contributed by atoms with Crippen molar-refractivity contribution in [3.8, 4) is 5.75 Å². The van der Waals surface area contributed by atoms with E-state index in [1.807, 2.05) is 11.8 Å². The van der Waals surface area contributed by atoms with Crippen LogP contribution in [0.4, 0.5) is 16.0 Å². The molecule has 4 heterocycles. The number of hydrogen-bond acceptors (Lipinski definition) is 7. The van der Waals surface area contributed by atoms with Crippen molar-refractivity contribution >= 4 is 23.4 Å². The standard InChI is InChI=1S/C18H22FN5OS/c19-16-2-1-15(12-20-16)25-14-3-5-23(6-4-14)17-11-18(22-13-21-17)24-7-9-26-10-8-24/h1-2,11-14H,3-10H2. The molecule has 0 N–H and O–H groups in total. The van der Waals surface area contributed by atoms with Crippen LogP contribution in [0.15, 0.2) is 30.7 Å². The first-order valence-electron chi connectivity index (χ1n) is 8.96. The summed E-state index contributed by atoms with van der Waals surface area (Å²) in [5.74, 6) is 4.44. The molecule has 0 atom stereocenters. The van der Waals surface area contributed by atoms with E-state index >= 15 is 0 Å². The Morgan fingerprint density at radius 3 is 2.31 bits per heavy atom. The first-order chi connectivity index (χ1) is 12.8.